The molecular weight excluding hydrogens is 318 g/mol. The normalized spacial score (nSPS) is 12.5. The van der Waals surface area contributed by atoms with Gasteiger partial charge in [0.2, 0.25) is 0 Å². The molecule has 20 heavy (non-hydrogen) atoms. The van der Waals surface area contributed by atoms with Crippen LogP contribution in [0.25, 0.3) is 0 Å². The van der Waals surface area contributed by atoms with Crippen LogP contribution >= 0.6 is 15.9 Å². The number of aromatic nitrogens is 5. The first-order valence-electron chi connectivity index (χ1n) is 6.35. The van der Waals surface area contributed by atoms with E-state index in [0.717, 1.165) is 10.2 Å². The standard InChI is InChI=1S/C14H14BrN5/c1-11(13-4-2-3-5-14(13)15)20-9-12(17-18-20)8-19-7-6-16-10-19/h2-7,9-11H,8H2,1H3/t11-/m1/s1. The second-order valence-electron chi connectivity index (χ2n) is 4.62. The van der Waals surface area contributed by atoms with Gasteiger partial charge in [0.05, 0.1) is 25.1 Å². The van der Waals surface area contributed by atoms with Gasteiger partial charge < -0.3 is 4.57 Å². The van der Waals surface area contributed by atoms with Crippen LogP contribution in [0, 0.1) is 0 Å². The molecule has 0 amide bonds. The molecule has 5 nitrogen and oxygen atoms in total. The summed E-state index contributed by atoms with van der Waals surface area (Å²) in [6.45, 7) is 2.79. The summed E-state index contributed by atoms with van der Waals surface area (Å²) in [5.74, 6) is 0. The molecule has 0 unspecified atom stereocenters. The molecule has 0 bridgehead atoms. The zero-order chi connectivity index (χ0) is 13.9. The van der Waals surface area contributed by atoms with Gasteiger partial charge >= 0.3 is 0 Å². The van der Waals surface area contributed by atoms with E-state index in [1.807, 2.05) is 39.8 Å². The SMILES string of the molecule is C[C@H](c1ccccc1Br)n1cc(Cn2ccnc2)nn1. The first kappa shape index (κ1) is 13.1. The minimum absolute atomic E-state index is 0.134. The van der Waals surface area contributed by atoms with E-state index in [1.165, 1.54) is 5.56 Å². The van der Waals surface area contributed by atoms with Gasteiger partial charge in [-0.05, 0) is 18.6 Å². The molecule has 0 aliphatic heterocycles. The average Bonchev–Trinajstić information content (AvgIpc) is 3.11. The van der Waals surface area contributed by atoms with E-state index in [-0.39, 0.29) is 6.04 Å². The van der Waals surface area contributed by atoms with Crippen molar-refractivity contribution in [2.75, 3.05) is 0 Å². The number of rotatable bonds is 4. The average molecular weight is 332 g/mol. The van der Waals surface area contributed by atoms with Gasteiger partial charge in [-0.25, -0.2) is 9.67 Å². The first-order chi connectivity index (χ1) is 9.74. The highest BCUT2D eigenvalue weighted by molar-refractivity contribution is 9.10. The topological polar surface area (TPSA) is 48.5 Å². The first-order valence-corrected chi connectivity index (χ1v) is 7.14. The van der Waals surface area contributed by atoms with Crippen LogP contribution in [0.2, 0.25) is 0 Å². The summed E-state index contributed by atoms with van der Waals surface area (Å²) in [6, 6.07) is 8.29. The van der Waals surface area contributed by atoms with Crippen molar-refractivity contribution in [3.63, 3.8) is 0 Å². The van der Waals surface area contributed by atoms with E-state index in [4.69, 9.17) is 0 Å². The Labute approximate surface area is 125 Å². The predicted molar refractivity (Wildman–Crippen MR) is 79.3 cm³/mol. The number of hydrogen-bond donors (Lipinski definition) is 0. The van der Waals surface area contributed by atoms with Crippen molar-refractivity contribution in [2.45, 2.75) is 19.5 Å². The maximum absolute atomic E-state index is 4.23. The molecular formula is C14H14BrN5. The van der Waals surface area contributed by atoms with Crippen LogP contribution < -0.4 is 0 Å². The summed E-state index contributed by atoms with van der Waals surface area (Å²) in [6.07, 6.45) is 7.42. The summed E-state index contributed by atoms with van der Waals surface area (Å²) in [7, 11) is 0. The predicted octanol–water partition coefficient (Wildman–Crippen LogP) is 2.89. The lowest BCUT2D eigenvalue weighted by atomic mass is 10.1. The van der Waals surface area contributed by atoms with Gasteiger partial charge in [-0.3, -0.25) is 0 Å². The van der Waals surface area contributed by atoms with Crippen molar-refractivity contribution in [3.05, 3.63) is 64.9 Å². The molecule has 6 heteroatoms. The van der Waals surface area contributed by atoms with Crippen molar-refractivity contribution in [3.8, 4) is 0 Å². The fourth-order valence-electron chi connectivity index (χ4n) is 2.10. The Morgan fingerprint density at radius 1 is 1.30 bits per heavy atom. The molecule has 3 rings (SSSR count). The third-order valence-electron chi connectivity index (χ3n) is 3.21. The van der Waals surface area contributed by atoms with Gasteiger partial charge in [0.15, 0.2) is 0 Å². The van der Waals surface area contributed by atoms with E-state index in [2.05, 4.69) is 44.2 Å². The maximum atomic E-state index is 4.23. The fraction of sp³-hybridized carbons (Fsp3) is 0.214. The van der Waals surface area contributed by atoms with Crippen LogP contribution in [0.4, 0.5) is 0 Å². The lowest BCUT2D eigenvalue weighted by molar-refractivity contribution is 0.541. The van der Waals surface area contributed by atoms with Crippen LogP contribution in [0.5, 0.6) is 0 Å². The highest BCUT2D eigenvalue weighted by Crippen LogP contribution is 2.25. The quantitative estimate of drug-likeness (QED) is 0.738. The van der Waals surface area contributed by atoms with Gasteiger partial charge in [-0.15, -0.1) is 5.10 Å². The van der Waals surface area contributed by atoms with Crippen molar-refractivity contribution < 1.29 is 0 Å². The Hall–Kier alpha value is -1.95. The monoisotopic (exact) mass is 331 g/mol. The zero-order valence-electron chi connectivity index (χ0n) is 11.0. The van der Waals surface area contributed by atoms with Crippen molar-refractivity contribution >= 4 is 15.9 Å². The summed E-state index contributed by atoms with van der Waals surface area (Å²) in [4.78, 5) is 4.02. The molecule has 102 valence electrons. The summed E-state index contributed by atoms with van der Waals surface area (Å²) in [5, 5.41) is 8.44. The second-order valence-corrected chi connectivity index (χ2v) is 5.48. The molecule has 0 fully saturated rings. The molecule has 0 saturated heterocycles. The Balaban J connectivity index is 1.81. The molecule has 1 aromatic carbocycles. The van der Waals surface area contributed by atoms with Gasteiger partial charge in [-0.1, -0.05) is 39.3 Å². The van der Waals surface area contributed by atoms with Crippen LogP contribution in [-0.2, 0) is 6.54 Å². The molecule has 2 heterocycles. The Morgan fingerprint density at radius 2 is 2.15 bits per heavy atom. The molecule has 0 spiro atoms. The fourth-order valence-corrected chi connectivity index (χ4v) is 2.71. The van der Waals surface area contributed by atoms with Crippen LogP contribution in [0.3, 0.4) is 0 Å². The zero-order valence-corrected chi connectivity index (χ0v) is 12.6. The molecule has 0 aliphatic rings. The maximum Gasteiger partial charge on any atom is 0.102 e. The van der Waals surface area contributed by atoms with E-state index in [1.54, 1.807) is 12.5 Å². The summed E-state index contributed by atoms with van der Waals surface area (Å²) in [5.41, 5.74) is 2.11. The molecule has 0 aliphatic carbocycles. The van der Waals surface area contributed by atoms with Crippen molar-refractivity contribution in [2.24, 2.45) is 0 Å². The van der Waals surface area contributed by atoms with Crippen LogP contribution in [-0.4, -0.2) is 24.5 Å². The van der Waals surface area contributed by atoms with E-state index < -0.39 is 0 Å². The summed E-state index contributed by atoms with van der Waals surface area (Å²) < 4.78 is 4.93. The van der Waals surface area contributed by atoms with E-state index in [0.29, 0.717) is 6.54 Å². The lowest BCUT2D eigenvalue weighted by Gasteiger charge is -2.13. The largest absolute Gasteiger partial charge is 0.331 e. The van der Waals surface area contributed by atoms with E-state index in [9.17, 15) is 0 Å². The second kappa shape index (κ2) is 5.58. The van der Waals surface area contributed by atoms with Gasteiger partial charge in [0, 0.05) is 16.9 Å². The molecule has 1 atom stereocenters. The molecule has 0 N–H and O–H groups in total. The van der Waals surface area contributed by atoms with Crippen LogP contribution in [0.15, 0.2) is 53.7 Å². The van der Waals surface area contributed by atoms with E-state index >= 15 is 0 Å². The number of benzene rings is 1. The lowest BCUT2D eigenvalue weighted by Crippen LogP contribution is -2.08. The number of halogens is 1. The third-order valence-corrected chi connectivity index (χ3v) is 3.94. The molecule has 2 aromatic heterocycles. The van der Waals surface area contributed by atoms with Gasteiger partial charge in [0.1, 0.15) is 5.69 Å². The Kier molecular flexibility index (Phi) is 3.64. The van der Waals surface area contributed by atoms with Gasteiger partial charge in [0.25, 0.3) is 0 Å². The number of hydrogen-bond acceptors (Lipinski definition) is 3. The molecule has 0 saturated carbocycles. The van der Waals surface area contributed by atoms with Crippen molar-refractivity contribution in [1.29, 1.82) is 0 Å². The molecule has 0 radical (unpaired) electrons. The smallest absolute Gasteiger partial charge is 0.102 e. The van der Waals surface area contributed by atoms with Crippen LogP contribution in [0.1, 0.15) is 24.2 Å². The Bertz CT molecular complexity index is 689. The number of imidazole rings is 1. The Morgan fingerprint density at radius 3 is 2.90 bits per heavy atom. The highest BCUT2D eigenvalue weighted by atomic mass is 79.9. The molecule has 3 aromatic rings. The minimum Gasteiger partial charge on any atom is -0.331 e. The number of nitrogens with zero attached hydrogens (tertiary/aromatic N) is 5. The van der Waals surface area contributed by atoms with Gasteiger partial charge in [-0.2, -0.15) is 0 Å². The minimum atomic E-state index is 0.134. The third kappa shape index (κ3) is 2.65. The van der Waals surface area contributed by atoms with Crippen molar-refractivity contribution in [1.82, 2.24) is 24.5 Å². The summed E-state index contributed by atoms with van der Waals surface area (Å²) >= 11 is 3.58. The highest BCUT2D eigenvalue weighted by Gasteiger charge is 2.13.